The molecule has 128 valence electrons. The molecule has 1 N–H and O–H groups in total. The number of carbonyl (C=O) groups is 1. The van der Waals surface area contributed by atoms with Crippen LogP contribution in [0.15, 0.2) is 53.4 Å². The van der Waals surface area contributed by atoms with Gasteiger partial charge in [0.15, 0.2) is 0 Å². The van der Waals surface area contributed by atoms with Crippen LogP contribution in [0.2, 0.25) is 0 Å². The molecule has 0 fully saturated rings. The minimum absolute atomic E-state index is 0.109. The van der Waals surface area contributed by atoms with E-state index in [9.17, 15) is 13.2 Å². The molecule has 2 aromatic carbocycles. The van der Waals surface area contributed by atoms with Gasteiger partial charge in [-0.1, -0.05) is 24.3 Å². The van der Waals surface area contributed by atoms with E-state index in [-0.39, 0.29) is 11.4 Å². The van der Waals surface area contributed by atoms with E-state index in [1.807, 2.05) is 13.0 Å². The molecule has 0 unspecified atom stereocenters. The van der Waals surface area contributed by atoms with E-state index in [1.54, 1.807) is 30.3 Å². The molecule has 2 aromatic rings. The summed E-state index contributed by atoms with van der Waals surface area (Å²) < 4.78 is 32.5. The van der Waals surface area contributed by atoms with Crippen molar-refractivity contribution in [2.24, 2.45) is 0 Å². The number of ether oxygens (including phenoxy) is 1. The predicted octanol–water partition coefficient (Wildman–Crippen LogP) is 1.94. The fourth-order valence-electron chi connectivity index (χ4n) is 2.22. The monoisotopic (exact) mass is 348 g/mol. The molecule has 0 saturated carbocycles. The molecule has 2 rings (SSSR count). The standard InChI is InChI=1S/C17H20N2O4S/c1-13-9-10-16(23-3)15(11-13)19(12-17(20)18-2)24(21,22)14-7-5-4-6-8-14/h4-11H,12H2,1-3H3,(H,18,20). The number of nitrogens with one attached hydrogen (secondary N) is 1. The molecule has 0 aliphatic heterocycles. The molecule has 0 aromatic heterocycles. The van der Waals surface area contributed by atoms with Crippen LogP contribution in [0, 0.1) is 6.92 Å². The number of carbonyl (C=O) groups excluding carboxylic acids is 1. The van der Waals surface area contributed by atoms with E-state index in [4.69, 9.17) is 4.74 Å². The second kappa shape index (κ2) is 7.35. The summed E-state index contributed by atoms with van der Waals surface area (Å²) in [6, 6.07) is 13.2. The third kappa shape index (κ3) is 3.68. The number of benzene rings is 2. The van der Waals surface area contributed by atoms with Crippen molar-refractivity contribution in [3.8, 4) is 5.75 Å². The second-order valence-electron chi connectivity index (χ2n) is 5.17. The zero-order valence-corrected chi connectivity index (χ0v) is 14.6. The second-order valence-corrected chi connectivity index (χ2v) is 7.04. The highest BCUT2D eigenvalue weighted by molar-refractivity contribution is 7.92. The van der Waals surface area contributed by atoms with Crippen molar-refractivity contribution < 1.29 is 17.9 Å². The van der Waals surface area contributed by atoms with Crippen LogP contribution in [0.1, 0.15) is 5.56 Å². The van der Waals surface area contributed by atoms with Crippen molar-refractivity contribution in [3.63, 3.8) is 0 Å². The van der Waals surface area contributed by atoms with Crippen LogP contribution in [0.4, 0.5) is 5.69 Å². The van der Waals surface area contributed by atoms with Crippen molar-refractivity contribution in [2.45, 2.75) is 11.8 Å². The average Bonchev–Trinajstić information content (AvgIpc) is 2.60. The van der Waals surface area contributed by atoms with Gasteiger partial charge in [-0.25, -0.2) is 8.42 Å². The first kappa shape index (κ1) is 17.8. The maximum atomic E-state index is 13.1. The molecule has 0 radical (unpaired) electrons. The third-order valence-electron chi connectivity index (χ3n) is 3.50. The van der Waals surface area contributed by atoms with Gasteiger partial charge in [0.2, 0.25) is 5.91 Å². The summed E-state index contributed by atoms with van der Waals surface area (Å²) in [5.41, 5.74) is 1.18. The molecule has 0 heterocycles. The number of rotatable bonds is 6. The molecule has 6 nitrogen and oxygen atoms in total. The highest BCUT2D eigenvalue weighted by atomic mass is 32.2. The molecular formula is C17H20N2O4S. The van der Waals surface area contributed by atoms with Crippen LogP contribution in [0.3, 0.4) is 0 Å². The highest BCUT2D eigenvalue weighted by Gasteiger charge is 2.29. The van der Waals surface area contributed by atoms with E-state index in [2.05, 4.69) is 5.32 Å². The van der Waals surface area contributed by atoms with Gasteiger partial charge in [0.05, 0.1) is 17.7 Å². The van der Waals surface area contributed by atoms with E-state index in [1.165, 1.54) is 26.3 Å². The van der Waals surface area contributed by atoms with Crippen molar-refractivity contribution in [1.82, 2.24) is 5.32 Å². The van der Waals surface area contributed by atoms with E-state index in [0.717, 1.165) is 9.87 Å². The largest absolute Gasteiger partial charge is 0.495 e. The van der Waals surface area contributed by atoms with E-state index >= 15 is 0 Å². The highest BCUT2D eigenvalue weighted by Crippen LogP contribution is 2.33. The van der Waals surface area contributed by atoms with Gasteiger partial charge >= 0.3 is 0 Å². The van der Waals surface area contributed by atoms with Crippen LogP contribution >= 0.6 is 0 Å². The Morgan fingerprint density at radius 1 is 1.17 bits per heavy atom. The maximum absolute atomic E-state index is 13.1. The fourth-order valence-corrected chi connectivity index (χ4v) is 3.67. The third-order valence-corrected chi connectivity index (χ3v) is 5.27. The molecule has 0 spiro atoms. The first-order chi connectivity index (χ1) is 11.4. The Balaban J connectivity index is 2.62. The molecule has 24 heavy (non-hydrogen) atoms. The van der Waals surface area contributed by atoms with Gasteiger partial charge < -0.3 is 10.1 Å². The molecular weight excluding hydrogens is 328 g/mol. The number of hydrogen-bond acceptors (Lipinski definition) is 4. The predicted molar refractivity (Wildman–Crippen MR) is 92.8 cm³/mol. The van der Waals surface area contributed by atoms with Crippen molar-refractivity contribution >= 4 is 21.6 Å². The molecule has 0 aliphatic rings. The van der Waals surface area contributed by atoms with E-state index in [0.29, 0.717) is 11.4 Å². The van der Waals surface area contributed by atoms with Gasteiger partial charge in [-0.3, -0.25) is 9.10 Å². The minimum atomic E-state index is -3.92. The smallest absolute Gasteiger partial charge is 0.264 e. The zero-order chi connectivity index (χ0) is 17.7. The molecule has 7 heteroatoms. The topological polar surface area (TPSA) is 75.7 Å². The molecule has 0 saturated heterocycles. The lowest BCUT2D eigenvalue weighted by Crippen LogP contribution is -2.40. The Morgan fingerprint density at radius 2 is 1.83 bits per heavy atom. The van der Waals surface area contributed by atoms with Gasteiger partial charge in [0.1, 0.15) is 12.3 Å². The quantitative estimate of drug-likeness (QED) is 0.866. The molecule has 0 aliphatic carbocycles. The minimum Gasteiger partial charge on any atom is -0.495 e. The van der Waals surface area contributed by atoms with Gasteiger partial charge in [-0.2, -0.15) is 0 Å². The molecule has 0 atom stereocenters. The van der Waals surface area contributed by atoms with Gasteiger partial charge in [-0.15, -0.1) is 0 Å². The number of nitrogens with zero attached hydrogens (tertiary/aromatic N) is 1. The van der Waals surface area contributed by atoms with E-state index < -0.39 is 15.9 Å². The van der Waals surface area contributed by atoms with Crippen LogP contribution in [-0.4, -0.2) is 35.0 Å². The lowest BCUT2D eigenvalue weighted by atomic mass is 10.2. The number of amides is 1. The fraction of sp³-hybridized carbons (Fsp3) is 0.235. The van der Waals surface area contributed by atoms with Crippen molar-refractivity contribution in [3.05, 3.63) is 54.1 Å². The lowest BCUT2D eigenvalue weighted by Gasteiger charge is -2.25. The van der Waals surface area contributed by atoms with Crippen molar-refractivity contribution in [1.29, 1.82) is 0 Å². The SMILES string of the molecule is CNC(=O)CN(c1cc(C)ccc1OC)S(=O)(=O)c1ccccc1. The van der Waals surface area contributed by atoms with Crippen LogP contribution in [0.5, 0.6) is 5.75 Å². The molecule has 1 amide bonds. The normalized spacial score (nSPS) is 11.0. The average molecular weight is 348 g/mol. The molecule has 0 bridgehead atoms. The van der Waals surface area contributed by atoms with Crippen LogP contribution in [-0.2, 0) is 14.8 Å². The Labute approximate surface area is 142 Å². The summed E-state index contributed by atoms with van der Waals surface area (Å²) in [6.07, 6.45) is 0. The Bertz CT molecular complexity index is 820. The summed E-state index contributed by atoms with van der Waals surface area (Å²) >= 11 is 0. The number of anilines is 1. The summed E-state index contributed by atoms with van der Waals surface area (Å²) in [4.78, 5) is 12.0. The first-order valence-corrected chi connectivity index (χ1v) is 8.77. The van der Waals surface area contributed by atoms with Crippen LogP contribution in [0.25, 0.3) is 0 Å². The first-order valence-electron chi connectivity index (χ1n) is 7.33. The lowest BCUT2D eigenvalue weighted by molar-refractivity contribution is -0.119. The van der Waals surface area contributed by atoms with Gasteiger partial charge in [0.25, 0.3) is 10.0 Å². The number of hydrogen-bond donors (Lipinski definition) is 1. The number of likely N-dealkylation sites (N-methyl/N-ethyl adjacent to an activating group) is 1. The van der Waals surface area contributed by atoms with Gasteiger partial charge in [-0.05, 0) is 36.8 Å². The summed E-state index contributed by atoms with van der Waals surface area (Å²) in [7, 11) is -0.995. The zero-order valence-electron chi connectivity index (χ0n) is 13.8. The number of sulfonamides is 1. The van der Waals surface area contributed by atoms with Crippen molar-refractivity contribution in [2.75, 3.05) is 25.0 Å². The van der Waals surface area contributed by atoms with Crippen LogP contribution < -0.4 is 14.4 Å². The number of methoxy groups -OCH3 is 1. The maximum Gasteiger partial charge on any atom is 0.264 e. The summed E-state index contributed by atoms with van der Waals surface area (Å²) in [5, 5.41) is 2.45. The summed E-state index contributed by atoms with van der Waals surface area (Å²) in [5.74, 6) is -0.0397. The Kier molecular flexibility index (Phi) is 5.46. The number of aryl methyl sites for hydroxylation is 1. The Morgan fingerprint density at radius 3 is 2.42 bits per heavy atom. The Hall–Kier alpha value is -2.54. The van der Waals surface area contributed by atoms with Gasteiger partial charge in [0, 0.05) is 7.05 Å². The summed E-state index contributed by atoms with van der Waals surface area (Å²) in [6.45, 7) is 1.50.